The van der Waals surface area contributed by atoms with E-state index in [4.69, 9.17) is 9.47 Å². The molecule has 0 amide bonds. The molecule has 3 saturated carbocycles. The second-order valence-corrected chi connectivity index (χ2v) is 14.3. The van der Waals surface area contributed by atoms with Gasteiger partial charge >= 0.3 is 0 Å². The molecule has 0 radical (unpaired) electrons. The molecule has 5 aliphatic rings. The van der Waals surface area contributed by atoms with Gasteiger partial charge in [0.25, 0.3) is 0 Å². The molecule has 41 heavy (non-hydrogen) atoms. The maximum absolute atomic E-state index is 12.5. The van der Waals surface area contributed by atoms with Crippen molar-refractivity contribution in [1.82, 2.24) is 4.90 Å². The average Bonchev–Trinajstić information content (AvgIpc) is 3.55. The molecule has 1 heterocycles. The molecule has 4 fully saturated rings. The zero-order chi connectivity index (χ0) is 28.7. The number of hydrogen-bond donors (Lipinski definition) is 3. The van der Waals surface area contributed by atoms with E-state index in [1.807, 2.05) is 30.3 Å². The van der Waals surface area contributed by atoms with Gasteiger partial charge in [-0.1, -0.05) is 67.5 Å². The number of aliphatic hydroxyl groups is 3. The van der Waals surface area contributed by atoms with Gasteiger partial charge in [-0.3, -0.25) is 4.90 Å². The van der Waals surface area contributed by atoms with Crippen LogP contribution in [0.25, 0.3) is 0 Å². The first-order chi connectivity index (χ1) is 19.7. The van der Waals surface area contributed by atoms with E-state index in [1.54, 1.807) is 0 Å². The Labute approximate surface area is 246 Å². The van der Waals surface area contributed by atoms with E-state index in [9.17, 15) is 15.3 Å². The Bertz CT molecular complexity index is 1110. The molecule has 1 aliphatic heterocycles. The monoisotopic (exact) mass is 565 g/mol. The van der Waals surface area contributed by atoms with Crippen LogP contribution < -0.4 is 0 Å². The third kappa shape index (κ3) is 5.73. The second kappa shape index (κ2) is 11.9. The molecule has 6 rings (SSSR count). The summed E-state index contributed by atoms with van der Waals surface area (Å²) in [6.07, 6.45) is 12.7. The molecule has 4 aliphatic carbocycles. The largest absolute Gasteiger partial charge is 0.393 e. The molecule has 0 spiro atoms. The van der Waals surface area contributed by atoms with E-state index in [0.717, 1.165) is 76.5 Å². The zero-order valence-electron chi connectivity index (χ0n) is 25.1. The van der Waals surface area contributed by atoms with Gasteiger partial charge in [0.1, 0.15) is 0 Å². The van der Waals surface area contributed by atoms with Crippen LogP contribution in [0.4, 0.5) is 0 Å². The Morgan fingerprint density at radius 3 is 2.61 bits per heavy atom. The Hall–Kier alpha value is -1.54. The Morgan fingerprint density at radius 2 is 1.83 bits per heavy atom. The first-order valence-electron chi connectivity index (χ1n) is 16.2. The molecule has 1 saturated heterocycles. The predicted molar refractivity (Wildman–Crippen MR) is 160 cm³/mol. The number of fused-ring (bicyclic) bond motifs is 5. The number of aliphatic hydroxyl groups excluding tert-OH is 2. The molecular weight excluding hydrogens is 514 g/mol. The molecule has 226 valence electrons. The van der Waals surface area contributed by atoms with E-state index < -0.39 is 11.7 Å². The van der Waals surface area contributed by atoms with Crippen LogP contribution in [0.1, 0.15) is 77.2 Å². The standard InChI is InChI=1S/C35H51NO5/c1-33-15-12-27(37)19-26(33)10-11-30-31(33)13-16-34(2)32(30)14-17-35(34,39)24-36(21-29-9-6-18-41-29)20-28(38)23-40-22-25-7-4-3-5-8-25/h3-5,7-8,10-11,27-29,31-32,37-39H,6,9,12-24H2,1-2H3/t27-,28+,29+,31-,32-,33-,34-,35+/m0/s1. The number of rotatable bonds is 10. The number of allylic oxidation sites excluding steroid dienone is 3. The third-order valence-electron chi connectivity index (χ3n) is 11.7. The van der Waals surface area contributed by atoms with Crippen LogP contribution in [-0.4, -0.2) is 77.0 Å². The Balaban J connectivity index is 1.15. The molecule has 8 atom stereocenters. The summed E-state index contributed by atoms with van der Waals surface area (Å²) in [5.41, 5.74) is 3.18. The van der Waals surface area contributed by atoms with Gasteiger partial charge in [0, 0.05) is 31.7 Å². The highest BCUT2D eigenvalue weighted by atomic mass is 16.5. The van der Waals surface area contributed by atoms with Gasteiger partial charge in [0.15, 0.2) is 0 Å². The Kier molecular flexibility index (Phi) is 8.54. The number of ether oxygens (including phenoxy) is 2. The lowest BCUT2D eigenvalue weighted by molar-refractivity contribution is -0.111. The van der Waals surface area contributed by atoms with Crippen molar-refractivity contribution >= 4 is 0 Å². The highest BCUT2D eigenvalue weighted by Crippen LogP contribution is 2.66. The average molecular weight is 566 g/mol. The molecular formula is C35H51NO5. The molecule has 0 unspecified atom stereocenters. The number of hydrogen-bond acceptors (Lipinski definition) is 6. The summed E-state index contributed by atoms with van der Waals surface area (Å²) in [5.74, 6) is 0.887. The van der Waals surface area contributed by atoms with Crippen LogP contribution in [0.3, 0.4) is 0 Å². The first kappa shape index (κ1) is 29.5. The van der Waals surface area contributed by atoms with E-state index in [2.05, 4.69) is 30.9 Å². The van der Waals surface area contributed by atoms with Gasteiger partial charge in [-0.15, -0.1) is 0 Å². The molecule has 6 heteroatoms. The van der Waals surface area contributed by atoms with Crippen molar-refractivity contribution in [3.63, 3.8) is 0 Å². The smallest absolute Gasteiger partial charge is 0.0900 e. The van der Waals surface area contributed by atoms with E-state index >= 15 is 0 Å². The van der Waals surface area contributed by atoms with Crippen molar-refractivity contribution in [2.75, 3.05) is 32.8 Å². The fourth-order valence-corrected chi connectivity index (χ4v) is 9.24. The molecule has 0 bridgehead atoms. The normalized spacial score (nSPS) is 39.1. The molecule has 1 aromatic carbocycles. The van der Waals surface area contributed by atoms with Crippen LogP contribution in [0.15, 0.2) is 53.6 Å². The summed E-state index contributed by atoms with van der Waals surface area (Å²) >= 11 is 0. The quantitative estimate of drug-likeness (QED) is 0.370. The molecule has 0 aromatic heterocycles. The molecule has 6 nitrogen and oxygen atoms in total. The summed E-state index contributed by atoms with van der Waals surface area (Å²) in [4.78, 5) is 2.27. The SMILES string of the molecule is C[C@]12CC[C@H](O)CC1=CC=C1[C@@H]2CC[C@@]2(C)[C@H]1CC[C@@]2(O)CN(C[C@@H](O)COCc1ccccc1)C[C@H]1CCCO1. The lowest BCUT2D eigenvalue weighted by atomic mass is 9.50. The summed E-state index contributed by atoms with van der Waals surface area (Å²) in [5, 5.41) is 33.8. The fourth-order valence-electron chi connectivity index (χ4n) is 9.24. The maximum atomic E-state index is 12.5. The number of nitrogens with zero attached hydrogens (tertiary/aromatic N) is 1. The highest BCUT2D eigenvalue weighted by molar-refractivity contribution is 5.39. The van der Waals surface area contributed by atoms with Crippen molar-refractivity contribution in [2.45, 2.75) is 102 Å². The Morgan fingerprint density at radius 1 is 1.02 bits per heavy atom. The first-order valence-corrected chi connectivity index (χ1v) is 16.2. The lowest BCUT2D eigenvalue weighted by Gasteiger charge is -2.56. The topological polar surface area (TPSA) is 82.4 Å². The summed E-state index contributed by atoms with van der Waals surface area (Å²) < 4.78 is 11.9. The van der Waals surface area contributed by atoms with Crippen LogP contribution in [0, 0.1) is 22.7 Å². The third-order valence-corrected chi connectivity index (χ3v) is 11.7. The van der Waals surface area contributed by atoms with E-state index in [0.29, 0.717) is 31.5 Å². The van der Waals surface area contributed by atoms with Crippen molar-refractivity contribution in [3.8, 4) is 0 Å². The van der Waals surface area contributed by atoms with Gasteiger partial charge < -0.3 is 24.8 Å². The van der Waals surface area contributed by atoms with Crippen molar-refractivity contribution in [2.24, 2.45) is 22.7 Å². The van der Waals surface area contributed by atoms with Crippen LogP contribution in [-0.2, 0) is 16.1 Å². The lowest BCUT2D eigenvalue weighted by Crippen LogP contribution is -2.57. The summed E-state index contributed by atoms with van der Waals surface area (Å²) in [7, 11) is 0. The second-order valence-electron chi connectivity index (χ2n) is 14.3. The zero-order valence-corrected chi connectivity index (χ0v) is 25.1. The summed E-state index contributed by atoms with van der Waals surface area (Å²) in [6.45, 7) is 8.06. The van der Waals surface area contributed by atoms with Crippen LogP contribution in [0.5, 0.6) is 0 Å². The maximum Gasteiger partial charge on any atom is 0.0900 e. The van der Waals surface area contributed by atoms with Gasteiger partial charge in [0.2, 0.25) is 0 Å². The minimum Gasteiger partial charge on any atom is -0.393 e. The predicted octanol–water partition coefficient (Wildman–Crippen LogP) is 5.02. The van der Waals surface area contributed by atoms with Crippen molar-refractivity contribution in [1.29, 1.82) is 0 Å². The van der Waals surface area contributed by atoms with Crippen LogP contribution >= 0.6 is 0 Å². The van der Waals surface area contributed by atoms with Crippen molar-refractivity contribution < 1.29 is 24.8 Å². The van der Waals surface area contributed by atoms with Gasteiger partial charge in [-0.25, -0.2) is 0 Å². The minimum atomic E-state index is -0.819. The molecule has 1 aromatic rings. The van der Waals surface area contributed by atoms with Gasteiger partial charge in [-0.05, 0) is 80.6 Å². The van der Waals surface area contributed by atoms with Crippen LogP contribution in [0.2, 0.25) is 0 Å². The van der Waals surface area contributed by atoms with E-state index in [1.165, 1.54) is 11.1 Å². The van der Waals surface area contributed by atoms with E-state index in [-0.39, 0.29) is 29.6 Å². The number of benzene rings is 1. The fraction of sp³-hybridized carbons (Fsp3) is 0.714. The molecule has 3 N–H and O–H groups in total. The van der Waals surface area contributed by atoms with Gasteiger partial charge in [-0.2, -0.15) is 0 Å². The minimum absolute atomic E-state index is 0.140. The van der Waals surface area contributed by atoms with Crippen molar-refractivity contribution in [3.05, 3.63) is 59.2 Å². The summed E-state index contributed by atoms with van der Waals surface area (Å²) in [6, 6.07) is 10.1. The highest BCUT2D eigenvalue weighted by Gasteiger charge is 2.62. The van der Waals surface area contributed by atoms with Gasteiger partial charge in [0.05, 0.1) is 37.1 Å².